The maximum absolute atomic E-state index is 12.4. The van der Waals surface area contributed by atoms with Crippen molar-refractivity contribution in [2.75, 3.05) is 13.2 Å². The quantitative estimate of drug-likeness (QED) is 0.906. The third-order valence-corrected chi connectivity index (χ3v) is 4.47. The Kier molecular flexibility index (Phi) is 4.15. The van der Waals surface area contributed by atoms with Gasteiger partial charge in [0, 0.05) is 30.3 Å². The Labute approximate surface area is 124 Å². The third kappa shape index (κ3) is 2.90. The predicted octanol–water partition coefficient (Wildman–Crippen LogP) is 2.37. The monoisotopic (exact) mass is 284 g/mol. The van der Waals surface area contributed by atoms with Crippen LogP contribution in [0.25, 0.3) is 10.9 Å². The van der Waals surface area contributed by atoms with Gasteiger partial charge in [0.25, 0.3) is 5.91 Å². The van der Waals surface area contributed by atoms with E-state index < -0.39 is 0 Å². The molecule has 4 nitrogen and oxygen atoms in total. The Bertz CT molecular complexity index is 636. The molecule has 110 valence electrons. The Morgan fingerprint density at radius 2 is 2.10 bits per heavy atom. The number of pyridine rings is 1. The van der Waals surface area contributed by atoms with Crippen LogP contribution in [0.1, 0.15) is 29.6 Å². The average molecular weight is 284 g/mol. The van der Waals surface area contributed by atoms with Crippen LogP contribution in [0.3, 0.4) is 0 Å². The van der Waals surface area contributed by atoms with Crippen molar-refractivity contribution in [2.45, 2.75) is 19.3 Å². The van der Waals surface area contributed by atoms with Crippen LogP contribution in [0.15, 0.2) is 36.5 Å². The maximum Gasteiger partial charge on any atom is 0.251 e. The summed E-state index contributed by atoms with van der Waals surface area (Å²) in [6, 6.07) is 9.36. The second kappa shape index (κ2) is 6.22. The second-order valence-corrected chi connectivity index (χ2v) is 5.72. The number of fused-ring (bicyclic) bond motifs is 1. The van der Waals surface area contributed by atoms with Crippen LogP contribution in [0, 0.1) is 11.8 Å². The summed E-state index contributed by atoms with van der Waals surface area (Å²) in [5.41, 5.74) is 1.50. The van der Waals surface area contributed by atoms with Crippen LogP contribution >= 0.6 is 0 Å². The zero-order valence-electron chi connectivity index (χ0n) is 12.0. The predicted molar refractivity (Wildman–Crippen MR) is 82.0 cm³/mol. The highest BCUT2D eigenvalue weighted by molar-refractivity contribution is 6.06. The molecule has 4 heteroatoms. The van der Waals surface area contributed by atoms with Crippen LogP contribution in [-0.2, 0) is 0 Å². The molecule has 0 spiro atoms. The molecular formula is C17H20N2O2. The molecule has 1 aromatic heterocycles. The van der Waals surface area contributed by atoms with Gasteiger partial charge in [-0.15, -0.1) is 0 Å². The SMILES string of the molecule is O=C(NCC1CCCC1CO)c1cccc2ncccc12. The number of nitrogens with zero attached hydrogens (tertiary/aromatic N) is 1. The number of hydrogen-bond acceptors (Lipinski definition) is 3. The van der Waals surface area contributed by atoms with Gasteiger partial charge in [0.2, 0.25) is 0 Å². The van der Waals surface area contributed by atoms with Crippen LogP contribution < -0.4 is 5.32 Å². The lowest BCUT2D eigenvalue weighted by atomic mass is 9.97. The average Bonchev–Trinajstić information content (AvgIpc) is 2.99. The second-order valence-electron chi connectivity index (χ2n) is 5.72. The molecule has 0 bridgehead atoms. The zero-order chi connectivity index (χ0) is 14.7. The van der Waals surface area contributed by atoms with E-state index in [-0.39, 0.29) is 12.5 Å². The standard InChI is InChI=1S/C17H20N2O2/c20-11-13-5-1-4-12(13)10-19-17(21)15-6-2-8-16-14(15)7-3-9-18-16/h2-3,6-9,12-13,20H,1,4-5,10-11H2,(H,19,21). The first-order valence-electron chi connectivity index (χ1n) is 7.52. The normalized spacial score (nSPS) is 21.6. The van der Waals surface area contributed by atoms with E-state index in [1.54, 1.807) is 6.20 Å². The van der Waals surface area contributed by atoms with Crippen molar-refractivity contribution < 1.29 is 9.90 Å². The summed E-state index contributed by atoms with van der Waals surface area (Å²) in [6.45, 7) is 0.861. The molecule has 21 heavy (non-hydrogen) atoms. The van der Waals surface area contributed by atoms with Crippen LogP contribution in [0.5, 0.6) is 0 Å². The van der Waals surface area contributed by atoms with Crippen molar-refractivity contribution in [3.8, 4) is 0 Å². The number of benzene rings is 1. The summed E-state index contributed by atoms with van der Waals surface area (Å²) in [6.07, 6.45) is 5.02. The Morgan fingerprint density at radius 1 is 1.24 bits per heavy atom. The van der Waals surface area contributed by atoms with Gasteiger partial charge in [-0.05, 0) is 42.9 Å². The molecule has 3 rings (SSSR count). The van der Waals surface area contributed by atoms with Gasteiger partial charge in [-0.1, -0.05) is 18.6 Å². The van der Waals surface area contributed by atoms with Crippen LogP contribution in [-0.4, -0.2) is 29.1 Å². The molecule has 0 saturated heterocycles. The largest absolute Gasteiger partial charge is 0.396 e. The number of aliphatic hydroxyl groups is 1. The van der Waals surface area contributed by atoms with Gasteiger partial charge < -0.3 is 10.4 Å². The fourth-order valence-electron chi connectivity index (χ4n) is 3.24. The minimum atomic E-state index is -0.0582. The van der Waals surface area contributed by atoms with E-state index in [0.29, 0.717) is 23.9 Å². The molecule has 2 atom stereocenters. The molecule has 0 radical (unpaired) electrons. The highest BCUT2D eigenvalue weighted by Gasteiger charge is 2.26. The number of aromatic nitrogens is 1. The van der Waals surface area contributed by atoms with Crippen molar-refractivity contribution in [3.63, 3.8) is 0 Å². The van der Waals surface area contributed by atoms with Crippen molar-refractivity contribution in [1.29, 1.82) is 0 Å². The molecule has 2 N–H and O–H groups in total. The highest BCUT2D eigenvalue weighted by atomic mass is 16.3. The smallest absolute Gasteiger partial charge is 0.251 e. The number of carbonyl (C=O) groups excluding carboxylic acids is 1. The Balaban J connectivity index is 1.72. The zero-order valence-corrected chi connectivity index (χ0v) is 12.0. The van der Waals surface area contributed by atoms with E-state index in [2.05, 4.69) is 10.3 Å². The molecule has 1 aliphatic rings. The Hall–Kier alpha value is -1.94. The van der Waals surface area contributed by atoms with Crippen molar-refractivity contribution >= 4 is 16.8 Å². The molecule has 2 aromatic rings. The first-order valence-corrected chi connectivity index (χ1v) is 7.52. The first-order chi connectivity index (χ1) is 10.3. The molecule has 0 aliphatic heterocycles. The molecule has 1 aromatic carbocycles. The van der Waals surface area contributed by atoms with Crippen LogP contribution in [0.2, 0.25) is 0 Å². The van der Waals surface area contributed by atoms with Crippen molar-refractivity contribution in [2.24, 2.45) is 11.8 Å². The number of amides is 1. The van der Waals surface area contributed by atoms with Gasteiger partial charge in [0.15, 0.2) is 0 Å². The van der Waals surface area contributed by atoms with Gasteiger partial charge in [0.05, 0.1) is 5.52 Å². The fraction of sp³-hybridized carbons (Fsp3) is 0.412. The Morgan fingerprint density at radius 3 is 2.95 bits per heavy atom. The number of aliphatic hydroxyl groups excluding tert-OH is 1. The van der Waals surface area contributed by atoms with Gasteiger partial charge in [-0.3, -0.25) is 9.78 Å². The lowest BCUT2D eigenvalue weighted by molar-refractivity contribution is 0.0939. The van der Waals surface area contributed by atoms with Crippen LogP contribution in [0.4, 0.5) is 0 Å². The lowest BCUT2D eigenvalue weighted by Crippen LogP contribution is -2.31. The van der Waals surface area contributed by atoms with Crippen molar-refractivity contribution in [1.82, 2.24) is 10.3 Å². The summed E-state index contributed by atoms with van der Waals surface area (Å²) in [4.78, 5) is 16.7. The number of rotatable bonds is 4. The highest BCUT2D eigenvalue weighted by Crippen LogP contribution is 2.30. The number of carbonyl (C=O) groups is 1. The lowest BCUT2D eigenvalue weighted by Gasteiger charge is -2.18. The molecule has 1 fully saturated rings. The minimum Gasteiger partial charge on any atom is -0.396 e. The van der Waals surface area contributed by atoms with Gasteiger partial charge >= 0.3 is 0 Å². The summed E-state index contributed by atoms with van der Waals surface area (Å²) >= 11 is 0. The summed E-state index contributed by atoms with van der Waals surface area (Å²) in [7, 11) is 0. The number of nitrogens with one attached hydrogen (secondary N) is 1. The molecular weight excluding hydrogens is 264 g/mol. The van der Waals surface area contributed by atoms with E-state index in [0.717, 1.165) is 30.2 Å². The third-order valence-electron chi connectivity index (χ3n) is 4.47. The minimum absolute atomic E-state index is 0.0582. The molecule has 1 heterocycles. The summed E-state index contributed by atoms with van der Waals surface area (Å²) < 4.78 is 0. The maximum atomic E-state index is 12.4. The molecule has 1 saturated carbocycles. The topological polar surface area (TPSA) is 62.2 Å². The van der Waals surface area contributed by atoms with E-state index in [4.69, 9.17) is 0 Å². The van der Waals surface area contributed by atoms with E-state index in [9.17, 15) is 9.90 Å². The number of hydrogen-bond donors (Lipinski definition) is 2. The molecule has 1 amide bonds. The summed E-state index contributed by atoms with van der Waals surface area (Å²) in [5, 5.41) is 13.2. The molecule has 1 aliphatic carbocycles. The fourth-order valence-corrected chi connectivity index (χ4v) is 3.24. The van der Waals surface area contributed by atoms with Crippen molar-refractivity contribution in [3.05, 3.63) is 42.1 Å². The van der Waals surface area contributed by atoms with Gasteiger partial charge in [-0.2, -0.15) is 0 Å². The first kappa shape index (κ1) is 14.0. The van der Waals surface area contributed by atoms with Gasteiger partial charge in [-0.25, -0.2) is 0 Å². The summed E-state index contributed by atoms with van der Waals surface area (Å²) in [5.74, 6) is 0.670. The van der Waals surface area contributed by atoms with E-state index in [1.807, 2.05) is 30.3 Å². The van der Waals surface area contributed by atoms with E-state index >= 15 is 0 Å². The molecule has 2 unspecified atom stereocenters. The van der Waals surface area contributed by atoms with E-state index in [1.165, 1.54) is 0 Å². The van der Waals surface area contributed by atoms with Gasteiger partial charge in [0.1, 0.15) is 0 Å².